The largest absolute Gasteiger partial charge is 0.462 e. The molecule has 2 N–H and O–H groups in total. The third-order valence-electron chi connectivity index (χ3n) is 3.95. The fourth-order valence-corrected chi connectivity index (χ4v) is 3.43. The SMILES string of the molecule is CCOC(=O)c1cc(-c2ccccc2)c(N)c(Br)c1-c1ccccc1. The number of esters is 1. The van der Waals surface area contributed by atoms with Crippen LogP contribution in [-0.4, -0.2) is 12.6 Å². The molecule has 0 bridgehead atoms. The van der Waals surface area contributed by atoms with Crippen molar-refractivity contribution in [3.05, 3.63) is 76.8 Å². The molecule has 3 nitrogen and oxygen atoms in total. The van der Waals surface area contributed by atoms with Crippen LogP contribution in [-0.2, 0) is 4.74 Å². The van der Waals surface area contributed by atoms with Gasteiger partial charge in [-0.1, -0.05) is 60.7 Å². The van der Waals surface area contributed by atoms with Crippen LogP contribution < -0.4 is 5.73 Å². The number of nitrogen functional groups attached to an aromatic ring is 1. The molecule has 0 saturated carbocycles. The number of halogens is 1. The minimum absolute atomic E-state index is 0.315. The molecule has 3 aromatic rings. The third-order valence-corrected chi connectivity index (χ3v) is 4.77. The van der Waals surface area contributed by atoms with Crippen molar-refractivity contribution >= 4 is 27.6 Å². The molecule has 0 unspecified atom stereocenters. The Morgan fingerprint density at radius 1 is 1.00 bits per heavy atom. The van der Waals surface area contributed by atoms with E-state index < -0.39 is 0 Å². The molecule has 0 aliphatic heterocycles. The standard InChI is InChI=1S/C21H18BrNO2/c1-2-25-21(24)17-13-16(14-9-5-3-6-10-14)20(23)19(22)18(17)15-11-7-4-8-12-15/h3-13H,2,23H2,1H3. The molecule has 0 spiro atoms. The highest BCUT2D eigenvalue weighted by atomic mass is 79.9. The topological polar surface area (TPSA) is 52.3 Å². The summed E-state index contributed by atoms with van der Waals surface area (Å²) in [4.78, 5) is 12.6. The Hall–Kier alpha value is -2.59. The van der Waals surface area contributed by atoms with Gasteiger partial charge in [-0.2, -0.15) is 0 Å². The second kappa shape index (κ2) is 7.53. The summed E-state index contributed by atoms with van der Waals surface area (Å²) in [6.45, 7) is 2.11. The molecule has 0 saturated heterocycles. The van der Waals surface area contributed by atoms with Crippen LogP contribution in [0.1, 0.15) is 17.3 Å². The molecular weight excluding hydrogens is 378 g/mol. The molecule has 0 heterocycles. The van der Waals surface area contributed by atoms with E-state index in [1.807, 2.05) is 66.7 Å². The minimum Gasteiger partial charge on any atom is -0.462 e. The molecular formula is C21H18BrNO2. The van der Waals surface area contributed by atoms with E-state index in [9.17, 15) is 4.79 Å². The number of rotatable bonds is 4. The van der Waals surface area contributed by atoms with Crippen molar-refractivity contribution in [2.24, 2.45) is 0 Å². The van der Waals surface area contributed by atoms with Gasteiger partial charge in [0.05, 0.1) is 17.9 Å². The van der Waals surface area contributed by atoms with Crippen molar-refractivity contribution in [3.8, 4) is 22.3 Å². The summed E-state index contributed by atoms with van der Waals surface area (Å²) in [5.74, 6) is -0.362. The second-order valence-corrected chi connectivity index (χ2v) is 6.32. The van der Waals surface area contributed by atoms with Gasteiger partial charge in [0.2, 0.25) is 0 Å². The van der Waals surface area contributed by atoms with Crippen molar-refractivity contribution in [3.63, 3.8) is 0 Å². The number of nitrogens with two attached hydrogens (primary N) is 1. The maximum Gasteiger partial charge on any atom is 0.338 e. The lowest BCUT2D eigenvalue weighted by molar-refractivity contribution is 0.0527. The number of carbonyl (C=O) groups is 1. The van der Waals surface area contributed by atoms with Crippen molar-refractivity contribution in [1.29, 1.82) is 0 Å². The lowest BCUT2D eigenvalue weighted by Gasteiger charge is -2.17. The Kier molecular flexibility index (Phi) is 5.19. The van der Waals surface area contributed by atoms with Crippen LogP contribution in [0.5, 0.6) is 0 Å². The first kappa shape index (κ1) is 17.2. The van der Waals surface area contributed by atoms with Crippen LogP contribution in [0.4, 0.5) is 5.69 Å². The highest BCUT2D eigenvalue weighted by Crippen LogP contribution is 2.42. The van der Waals surface area contributed by atoms with E-state index in [-0.39, 0.29) is 5.97 Å². The molecule has 3 aromatic carbocycles. The number of ether oxygens (including phenoxy) is 1. The predicted molar refractivity (Wildman–Crippen MR) is 105 cm³/mol. The average molecular weight is 396 g/mol. The summed E-state index contributed by atoms with van der Waals surface area (Å²) in [5, 5.41) is 0. The lowest BCUT2D eigenvalue weighted by Crippen LogP contribution is -2.09. The van der Waals surface area contributed by atoms with Gasteiger partial charge in [-0.25, -0.2) is 4.79 Å². The van der Waals surface area contributed by atoms with E-state index in [4.69, 9.17) is 10.5 Å². The second-order valence-electron chi connectivity index (χ2n) is 5.53. The van der Waals surface area contributed by atoms with Gasteiger partial charge in [-0.15, -0.1) is 0 Å². The summed E-state index contributed by atoms with van der Waals surface area (Å²) in [6, 6.07) is 21.3. The third kappa shape index (κ3) is 3.44. The summed E-state index contributed by atoms with van der Waals surface area (Å²) in [6.07, 6.45) is 0. The Bertz CT molecular complexity index is 893. The zero-order valence-electron chi connectivity index (χ0n) is 13.8. The van der Waals surface area contributed by atoms with E-state index in [0.717, 1.165) is 22.3 Å². The van der Waals surface area contributed by atoms with Gasteiger partial charge >= 0.3 is 5.97 Å². The van der Waals surface area contributed by atoms with Crippen molar-refractivity contribution in [2.75, 3.05) is 12.3 Å². The van der Waals surface area contributed by atoms with Crippen LogP contribution in [0.2, 0.25) is 0 Å². The van der Waals surface area contributed by atoms with Gasteiger partial charge in [0.15, 0.2) is 0 Å². The quantitative estimate of drug-likeness (QED) is 0.465. The molecule has 0 amide bonds. The number of carbonyl (C=O) groups excluding carboxylic acids is 1. The Morgan fingerprint density at radius 3 is 2.12 bits per heavy atom. The fourth-order valence-electron chi connectivity index (χ4n) is 2.78. The molecule has 0 aromatic heterocycles. The smallest absolute Gasteiger partial charge is 0.338 e. The van der Waals surface area contributed by atoms with Gasteiger partial charge in [0.1, 0.15) is 0 Å². The first-order valence-corrected chi connectivity index (χ1v) is 8.82. The minimum atomic E-state index is -0.362. The van der Waals surface area contributed by atoms with E-state index >= 15 is 0 Å². The van der Waals surface area contributed by atoms with Crippen LogP contribution in [0.3, 0.4) is 0 Å². The van der Waals surface area contributed by atoms with E-state index in [0.29, 0.717) is 22.3 Å². The van der Waals surface area contributed by atoms with Gasteiger partial charge in [0.25, 0.3) is 0 Å². The number of anilines is 1. The number of benzene rings is 3. The fraction of sp³-hybridized carbons (Fsp3) is 0.0952. The van der Waals surface area contributed by atoms with Gasteiger partial charge in [-0.05, 0) is 40.0 Å². The zero-order valence-corrected chi connectivity index (χ0v) is 15.4. The summed E-state index contributed by atoms with van der Waals surface area (Å²) < 4.78 is 5.97. The molecule has 4 heteroatoms. The van der Waals surface area contributed by atoms with Gasteiger partial charge in [0, 0.05) is 15.6 Å². The predicted octanol–water partition coefficient (Wildman–Crippen LogP) is 5.54. The first-order valence-electron chi connectivity index (χ1n) is 8.03. The van der Waals surface area contributed by atoms with Crippen molar-refractivity contribution in [1.82, 2.24) is 0 Å². The van der Waals surface area contributed by atoms with E-state index in [1.165, 1.54) is 0 Å². The van der Waals surface area contributed by atoms with Crippen LogP contribution in [0.15, 0.2) is 71.2 Å². The summed E-state index contributed by atoms with van der Waals surface area (Å²) in [7, 11) is 0. The highest BCUT2D eigenvalue weighted by molar-refractivity contribution is 9.10. The summed E-state index contributed by atoms with van der Waals surface area (Å²) in [5.41, 5.74) is 10.9. The average Bonchev–Trinajstić information content (AvgIpc) is 2.65. The normalized spacial score (nSPS) is 10.5. The maximum absolute atomic E-state index is 12.6. The summed E-state index contributed by atoms with van der Waals surface area (Å²) >= 11 is 3.60. The molecule has 0 aliphatic rings. The monoisotopic (exact) mass is 395 g/mol. The number of hydrogen-bond donors (Lipinski definition) is 1. The molecule has 0 aliphatic carbocycles. The molecule has 0 radical (unpaired) electrons. The van der Waals surface area contributed by atoms with Crippen LogP contribution >= 0.6 is 15.9 Å². The van der Waals surface area contributed by atoms with Crippen molar-refractivity contribution < 1.29 is 9.53 Å². The Morgan fingerprint density at radius 2 is 1.56 bits per heavy atom. The molecule has 3 rings (SSSR count). The van der Waals surface area contributed by atoms with Crippen molar-refractivity contribution in [2.45, 2.75) is 6.92 Å². The molecule has 25 heavy (non-hydrogen) atoms. The Labute approximate surface area is 155 Å². The van der Waals surface area contributed by atoms with Gasteiger partial charge in [-0.3, -0.25) is 0 Å². The first-order chi connectivity index (χ1) is 12.1. The van der Waals surface area contributed by atoms with Crippen LogP contribution in [0.25, 0.3) is 22.3 Å². The van der Waals surface area contributed by atoms with E-state index in [2.05, 4.69) is 15.9 Å². The molecule has 126 valence electrons. The van der Waals surface area contributed by atoms with Crippen LogP contribution in [0, 0.1) is 0 Å². The highest BCUT2D eigenvalue weighted by Gasteiger charge is 2.22. The molecule has 0 atom stereocenters. The van der Waals surface area contributed by atoms with E-state index in [1.54, 1.807) is 6.92 Å². The Balaban J connectivity index is 2.28. The zero-order chi connectivity index (χ0) is 17.8. The molecule has 0 fully saturated rings. The van der Waals surface area contributed by atoms with Gasteiger partial charge < -0.3 is 10.5 Å². The lowest BCUT2D eigenvalue weighted by atomic mass is 9.93. The number of hydrogen-bond acceptors (Lipinski definition) is 3. The maximum atomic E-state index is 12.6.